The molecule has 0 radical (unpaired) electrons. The van der Waals surface area contributed by atoms with Gasteiger partial charge in [0.05, 0.1) is 25.9 Å². The van der Waals surface area contributed by atoms with Crippen LogP contribution in [0.4, 0.5) is 0 Å². The van der Waals surface area contributed by atoms with Crippen molar-refractivity contribution in [1.82, 2.24) is 0 Å². The van der Waals surface area contributed by atoms with Gasteiger partial charge in [-0.05, 0) is 55.3 Å². The van der Waals surface area contributed by atoms with Gasteiger partial charge in [0.15, 0.2) is 11.5 Å². The van der Waals surface area contributed by atoms with Crippen LogP contribution in [0.2, 0.25) is 0 Å². The normalized spacial score (nSPS) is 10.9. The van der Waals surface area contributed by atoms with Crippen LogP contribution < -0.4 is 9.47 Å². The minimum absolute atomic E-state index is 0.106. The second kappa shape index (κ2) is 10.7. The Balaban J connectivity index is 2.14. The van der Waals surface area contributed by atoms with Crippen molar-refractivity contribution in [3.05, 3.63) is 64.7 Å². The predicted octanol–water partition coefficient (Wildman–Crippen LogP) is 3.92. The van der Waals surface area contributed by atoms with Crippen molar-refractivity contribution in [2.24, 2.45) is 0 Å². The Morgan fingerprint density at radius 1 is 1.07 bits per heavy atom. The van der Waals surface area contributed by atoms with E-state index in [1.165, 1.54) is 20.3 Å². The quantitative estimate of drug-likeness (QED) is 0.370. The molecule has 0 saturated carbocycles. The lowest BCUT2D eigenvalue weighted by Gasteiger charge is -2.12. The Labute approximate surface area is 175 Å². The summed E-state index contributed by atoms with van der Waals surface area (Å²) in [6, 6.07) is 13.8. The predicted molar refractivity (Wildman–Crippen MR) is 110 cm³/mol. The van der Waals surface area contributed by atoms with Gasteiger partial charge in [-0.1, -0.05) is 18.2 Å². The van der Waals surface area contributed by atoms with Crippen LogP contribution in [-0.2, 0) is 20.9 Å². The number of ether oxygens (including phenoxy) is 4. The van der Waals surface area contributed by atoms with Crippen LogP contribution in [-0.4, -0.2) is 32.3 Å². The first-order valence-electron chi connectivity index (χ1n) is 9.18. The van der Waals surface area contributed by atoms with E-state index < -0.39 is 11.9 Å². The lowest BCUT2D eigenvalue weighted by atomic mass is 10.1. The zero-order chi connectivity index (χ0) is 22.1. The van der Waals surface area contributed by atoms with E-state index in [0.717, 1.165) is 5.56 Å². The van der Waals surface area contributed by atoms with E-state index in [0.29, 0.717) is 22.6 Å². The molecule has 0 aromatic heterocycles. The van der Waals surface area contributed by atoms with Gasteiger partial charge in [-0.15, -0.1) is 0 Å². The zero-order valence-electron chi connectivity index (χ0n) is 17.3. The average molecular weight is 409 g/mol. The maximum atomic E-state index is 12.0. The molecular formula is C23H23NO6. The molecule has 2 aromatic rings. The number of esters is 2. The Hall–Kier alpha value is -3.79. The Bertz CT molecular complexity index is 970. The summed E-state index contributed by atoms with van der Waals surface area (Å²) in [6.07, 6.45) is 1.11. The highest BCUT2D eigenvalue weighted by Gasteiger charge is 2.13. The van der Waals surface area contributed by atoms with Crippen molar-refractivity contribution in [3.63, 3.8) is 0 Å². The van der Waals surface area contributed by atoms with Crippen molar-refractivity contribution in [3.8, 4) is 17.6 Å². The summed E-state index contributed by atoms with van der Waals surface area (Å²) in [5.74, 6) is -0.136. The van der Waals surface area contributed by atoms with Gasteiger partial charge >= 0.3 is 11.9 Å². The summed E-state index contributed by atoms with van der Waals surface area (Å²) < 4.78 is 20.9. The fourth-order valence-electron chi connectivity index (χ4n) is 2.49. The first-order chi connectivity index (χ1) is 14.4. The number of hydrogen-bond acceptors (Lipinski definition) is 7. The number of benzene rings is 2. The molecule has 0 aliphatic carbocycles. The molecule has 0 unspecified atom stereocenters. The van der Waals surface area contributed by atoms with Gasteiger partial charge in [0.25, 0.3) is 0 Å². The van der Waals surface area contributed by atoms with Crippen LogP contribution in [0.25, 0.3) is 6.08 Å². The van der Waals surface area contributed by atoms with Gasteiger partial charge < -0.3 is 18.9 Å². The Morgan fingerprint density at radius 3 is 2.33 bits per heavy atom. The molecule has 0 aliphatic rings. The molecule has 0 fully saturated rings. The monoisotopic (exact) mass is 409 g/mol. The van der Waals surface area contributed by atoms with Crippen LogP contribution in [0.15, 0.2) is 48.0 Å². The molecule has 2 aromatic carbocycles. The molecule has 0 heterocycles. The van der Waals surface area contributed by atoms with E-state index in [4.69, 9.17) is 14.2 Å². The maximum absolute atomic E-state index is 12.0. The van der Waals surface area contributed by atoms with Crippen molar-refractivity contribution in [2.75, 3.05) is 14.2 Å². The van der Waals surface area contributed by atoms with E-state index in [1.807, 2.05) is 6.07 Å². The van der Waals surface area contributed by atoms with Gasteiger partial charge in [0, 0.05) is 0 Å². The molecule has 7 nitrogen and oxygen atoms in total. The van der Waals surface area contributed by atoms with E-state index in [-0.39, 0.29) is 18.3 Å². The van der Waals surface area contributed by atoms with Crippen molar-refractivity contribution >= 4 is 18.0 Å². The van der Waals surface area contributed by atoms with Crippen molar-refractivity contribution in [1.29, 1.82) is 5.26 Å². The number of rotatable bonds is 8. The highest BCUT2D eigenvalue weighted by atomic mass is 16.5. The lowest BCUT2D eigenvalue weighted by Crippen LogP contribution is -2.12. The van der Waals surface area contributed by atoms with Crippen LogP contribution in [0.3, 0.4) is 0 Å². The van der Waals surface area contributed by atoms with E-state index in [2.05, 4.69) is 4.74 Å². The molecule has 156 valence electrons. The largest absolute Gasteiger partial charge is 0.493 e. The SMILES string of the molecule is COC(=O)c1ccc(COc2ccc(/C=C(\C#N)C(=O)OC(C)C)cc2OC)cc1. The van der Waals surface area contributed by atoms with Crippen molar-refractivity contribution in [2.45, 2.75) is 26.6 Å². The number of nitrogens with zero attached hydrogens (tertiary/aromatic N) is 1. The van der Waals surface area contributed by atoms with Crippen molar-refractivity contribution < 1.29 is 28.5 Å². The number of methoxy groups -OCH3 is 2. The second-order valence-corrected chi connectivity index (χ2v) is 6.51. The Kier molecular flexibility index (Phi) is 8.00. The highest BCUT2D eigenvalue weighted by Crippen LogP contribution is 2.30. The van der Waals surface area contributed by atoms with Gasteiger partial charge in [0.2, 0.25) is 0 Å². The van der Waals surface area contributed by atoms with Gasteiger partial charge in [-0.3, -0.25) is 0 Å². The maximum Gasteiger partial charge on any atom is 0.349 e. The third-order valence-electron chi connectivity index (χ3n) is 3.95. The number of nitriles is 1. The molecule has 2 rings (SSSR count). The summed E-state index contributed by atoms with van der Waals surface area (Å²) >= 11 is 0. The van der Waals surface area contributed by atoms with Crippen LogP contribution in [0.5, 0.6) is 11.5 Å². The van der Waals surface area contributed by atoms with Crippen LogP contribution in [0, 0.1) is 11.3 Å². The molecule has 0 spiro atoms. The van der Waals surface area contributed by atoms with E-state index in [1.54, 1.807) is 56.3 Å². The molecule has 0 N–H and O–H groups in total. The molecule has 30 heavy (non-hydrogen) atoms. The smallest absolute Gasteiger partial charge is 0.349 e. The third-order valence-corrected chi connectivity index (χ3v) is 3.95. The molecular weight excluding hydrogens is 386 g/mol. The molecule has 0 atom stereocenters. The summed E-state index contributed by atoms with van der Waals surface area (Å²) in [5.41, 5.74) is 1.81. The molecule has 0 aliphatic heterocycles. The third kappa shape index (κ3) is 6.11. The van der Waals surface area contributed by atoms with Gasteiger partial charge in [-0.2, -0.15) is 5.26 Å². The summed E-state index contributed by atoms with van der Waals surface area (Å²) in [7, 11) is 2.83. The van der Waals surface area contributed by atoms with E-state index >= 15 is 0 Å². The lowest BCUT2D eigenvalue weighted by molar-refractivity contribution is -0.142. The molecule has 0 amide bonds. The molecule has 0 saturated heterocycles. The highest BCUT2D eigenvalue weighted by molar-refractivity contribution is 5.98. The minimum Gasteiger partial charge on any atom is -0.493 e. The van der Waals surface area contributed by atoms with E-state index in [9.17, 15) is 14.9 Å². The average Bonchev–Trinajstić information content (AvgIpc) is 2.75. The van der Waals surface area contributed by atoms with Crippen LogP contribution in [0.1, 0.15) is 35.3 Å². The standard InChI is InChI=1S/C23H23NO6/c1-15(2)30-23(26)19(13-24)11-17-7-10-20(21(12-17)27-3)29-14-16-5-8-18(9-6-16)22(25)28-4/h5-12,15H,14H2,1-4H3/b19-11+. The minimum atomic E-state index is -0.679. The molecule has 7 heteroatoms. The molecule has 0 bridgehead atoms. The second-order valence-electron chi connectivity index (χ2n) is 6.51. The van der Waals surface area contributed by atoms with Crippen LogP contribution >= 0.6 is 0 Å². The van der Waals surface area contributed by atoms with Gasteiger partial charge in [-0.25, -0.2) is 9.59 Å². The first kappa shape index (κ1) is 22.5. The summed E-state index contributed by atoms with van der Waals surface area (Å²) in [6.45, 7) is 3.69. The fourth-order valence-corrected chi connectivity index (χ4v) is 2.49. The number of hydrogen-bond donors (Lipinski definition) is 0. The fraction of sp³-hybridized carbons (Fsp3) is 0.261. The number of carbonyl (C=O) groups excluding carboxylic acids is 2. The topological polar surface area (TPSA) is 94.9 Å². The zero-order valence-corrected chi connectivity index (χ0v) is 17.3. The van der Waals surface area contributed by atoms with Gasteiger partial charge in [0.1, 0.15) is 18.2 Å². The first-order valence-corrected chi connectivity index (χ1v) is 9.18. The summed E-state index contributed by atoms with van der Waals surface area (Å²) in [4.78, 5) is 23.4. The number of carbonyl (C=O) groups is 2. The Morgan fingerprint density at radius 2 is 1.77 bits per heavy atom. The summed E-state index contributed by atoms with van der Waals surface area (Å²) in [5, 5.41) is 9.23.